The van der Waals surface area contributed by atoms with E-state index in [4.69, 9.17) is 0 Å². The normalized spacial score (nSPS) is 19.1. The average molecular weight is 341 g/mol. The standard InChI is InChI=1S/C24H23NO/c1-23(2,3)18-13-7-8-14-19(18)24(17-11-5-4-6-12-17)20-15-9-10-16-21(20)25-22(24)26/h4-16H,1-3H3,(H,25,26). The molecule has 1 unspecified atom stereocenters. The lowest BCUT2D eigenvalue weighted by molar-refractivity contribution is -0.118. The van der Waals surface area contributed by atoms with E-state index in [9.17, 15) is 4.79 Å². The first kappa shape index (κ1) is 16.6. The van der Waals surface area contributed by atoms with E-state index in [1.165, 1.54) is 5.56 Å². The van der Waals surface area contributed by atoms with Crippen molar-refractivity contribution in [3.05, 3.63) is 101 Å². The maximum Gasteiger partial charge on any atom is 0.244 e. The number of carbonyl (C=O) groups is 1. The van der Waals surface area contributed by atoms with Gasteiger partial charge in [0.05, 0.1) is 0 Å². The topological polar surface area (TPSA) is 29.1 Å². The molecule has 0 aliphatic carbocycles. The second kappa shape index (κ2) is 5.84. The second-order valence-electron chi connectivity index (χ2n) is 7.91. The third-order valence-electron chi connectivity index (χ3n) is 5.27. The van der Waals surface area contributed by atoms with Crippen molar-refractivity contribution >= 4 is 11.6 Å². The van der Waals surface area contributed by atoms with Crippen molar-refractivity contribution in [2.24, 2.45) is 0 Å². The summed E-state index contributed by atoms with van der Waals surface area (Å²) >= 11 is 0. The van der Waals surface area contributed by atoms with Crippen LogP contribution >= 0.6 is 0 Å². The Morgan fingerprint density at radius 2 is 1.31 bits per heavy atom. The largest absolute Gasteiger partial charge is 0.324 e. The van der Waals surface area contributed by atoms with Crippen molar-refractivity contribution in [3.8, 4) is 0 Å². The summed E-state index contributed by atoms with van der Waals surface area (Å²) in [7, 11) is 0. The first-order valence-electron chi connectivity index (χ1n) is 9.02. The van der Waals surface area contributed by atoms with E-state index in [-0.39, 0.29) is 11.3 Å². The van der Waals surface area contributed by atoms with Crippen molar-refractivity contribution in [2.45, 2.75) is 31.6 Å². The zero-order chi connectivity index (χ0) is 18.4. The maximum absolute atomic E-state index is 13.5. The minimum absolute atomic E-state index is 0.0154. The summed E-state index contributed by atoms with van der Waals surface area (Å²) in [6, 6.07) is 26.5. The van der Waals surface area contributed by atoms with E-state index in [1.807, 2.05) is 42.5 Å². The van der Waals surface area contributed by atoms with Crippen molar-refractivity contribution in [2.75, 3.05) is 5.32 Å². The molecule has 2 heteroatoms. The molecule has 3 aromatic carbocycles. The second-order valence-corrected chi connectivity index (χ2v) is 7.91. The predicted octanol–water partition coefficient (Wildman–Crippen LogP) is 5.27. The Kier molecular flexibility index (Phi) is 3.73. The molecule has 0 saturated carbocycles. The third-order valence-corrected chi connectivity index (χ3v) is 5.27. The Labute approximate surface area is 154 Å². The molecule has 1 atom stereocenters. The van der Waals surface area contributed by atoms with Crippen LogP contribution in [-0.2, 0) is 15.6 Å². The van der Waals surface area contributed by atoms with E-state index in [2.05, 4.69) is 62.5 Å². The van der Waals surface area contributed by atoms with E-state index in [0.717, 1.165) is 22.4 Å². The van der Waals surface area contributed by atoms with Gasteiger partial charge in [-0.05, 0) is 28.2 Å². The highest BCUT2D eigenvalue weighted by Gasteiger charge is 2.51. The minimum Gasteiger partial charge on any atom is -0.324 e. The Morgan fingerprint density at radius 1 is 0.731 bits per heavy atom. The first-order chi connectivity index (χ1) is 12.5. The van der Waals surface area contributed by atoms with Gasteiger partial charge < -0.3 is 5.32 Å². The van der Waals surface area contributed by atoms with E-state index >= 15 is 0 Å². The lowest BCUT2D eigenvalue weighted by Gasteiger charge is -2.34. The van der Waals surface area contributed by atoms with Gasteiger partial charge in [-0.1, -0.05) is 93.6 Å². The number of para-hydroxylation sites is 1. The molecule has 3 aromatic rings. The molecule has 4 rings (SSSR count). The Morgan fingerprint density at radius 3 is 2.00 bits per heavy atom. The molecule has 1 aliphatic rings. The van der Waals surface area contributed by atoms with Gasteiger partial charge in [0, 0.05) is 11.3 Å². The predicted molar refractivity (Wildman–Crippen MR) is 107 cm³/mol. The van der Waals surface area contributed by atoms with Gasteiger partial charge in [0.15, 0.2) is 0 Å². The van der Waals surface area contributed by atoms with Gasteiger partial charge in [-0.3, -0.25) is 4.79 Å². The van der Waals surface area contributed by atoms with Crippen LogP contribution < -0.4 is 5.32 Å². The SMILES string of the molecule is CC(C)(C)c1ccccc1C1(c2ccccc2)C(=O)Nc2ccccc21. The van der Waals surface area contributed by atoms with Gasteiger partial charge >= 0.3 is 0 Å². The molecule has 1 heterocycles. The Bertz CT molecular complexity index is 969. The van der Waals surface area contributed by atoms with Crippen LogP contribution in [0, 0.1) is 0 Å². The zero-order valence-electron chi connectivity index (χ0n) is 15.4. The molecular formula is C24H23NO. The fraction of sp³-hybridized carbons (Fsp3) is 0.208. The molecule has 0 aromatic heterocycles. The molecule has 0 radical (unpaired) electrons. The summed E-state index contributed by atoms with van der Waals surface area (Å²) in [4.78, 5) is 13.5. The molecule has 2 nitrogen and oxygen atoms in total. The monoisotopic (exact) mass is 341 g/mol. The molecule has 1 N–H and O–H groups in total. The fourth-order valence-electron chi connectivity index (χ4n) is 4.12. The smallest absolute Gasteiger partial charge is 0.244 e. The molecule has 0 saturated heterocycles. The van der Waals surface area contributed by atoms with Crippen molar-refractivity contribution < 1.29 is 4.79 Å². The van der Waals surface area contributed by atoms with Crippen LogP contribution in [0.5, 0.6) is 0 Å². The average Bonchev–Trinajstić information content (AvgIpc) is 2.94. The Hall–Kier alpha value is -2.87. The molecule has 130 valence electrons. The number of anilines is 1. The van der Waals surface area contributed by atoms with E-state index in [0.29, 0.717) is 0 Å². The third kappa shape index (κ3) is 2.29. The summed E-state index contributed by atoms with van der Waals surface area (Å²) in [5.41, 5.74) is 4.26. The van der Waals surface area contributed by atoms with Crippen LogP contribution in [0.3, 0.4) is 0 Å². The van der Waals surface area contributed by atoms with Crippen molar-refractivity contribution in [1.82, 2.24) is 0 Å². The highest BCUT2D eigenvalue weighted by Crippen LogP contribution is 2.49. The van der Waals surface area contributed by atoms with Gasteiger partial charge in [0.1, 0.15) is 5.41 Å². The van der Waals surface area contributed by atoms with Crippen molar-refractivity contribution in [1.29, 1.82) is 0 Å². The van der Waals surface area contributed by atoms with Crippen LogP contribution in [0.2, 0.25) is 0 Å². The van der Waals surface area contributed by atoms with Crippen LogP contribution in [0.25, 0.3) is 0 Å². The summed E-state index contributed by atoms with van der Waals surface area (Å²) in [5.74, 6) is 0.0154. The number of carbonyl (C=O) groups excluding carboxylic acids is 1. The molecule has 1 aliphatic heterocycles. The number of fused-ring (bicyclic) bond motifs is 1. The minimum atomic E-state index is -0.832. The molecule has 0 fully saturated rings. The van der Waals surface area contributed by atoms with Gasteiger partial charge in [0.25, 0.3) is 0 Å². The summed E-state index contributed by atoms with van der Waals surface area (Å²) in [6.07, 6.45) is 0. The number of nitrogens with one attached hydrogen (secondary N) is 1. The lowest BCUT2D eigenvalue weighted by Crippen LogP contribution is -2.39. The molecule has 0 bridgehead atoms. The van der Waals surface area contributed by atoms with Crippen LogP contribution in [0.4, 0.5) is 5.69 Å². The summed E-state index contributed by atoms with van der Waals surface area (Å²) < 4.78 is 0. The van der Waals surface area contributed by atoms with Crippen LogP contribution in [-0.4, -0.2) is 5.91 Å². The van der Waals surface area contributed by atoms with E-state index < -0.39 is 5.41 Å². The number of hydrogen-bond acceptors (Lipinski definition) is 1. The molecule has 0 spiro atoms. The lowest BCUT2D eigenvalue weighted by atomic mass is 9.66. The van der Waals surface area contributed by atoms with E-state index in [1.54, 1.807) is 0 Å². The van der Waals surface area contributed by atoms with Crippen LogP contribution in [0.15, 0.2) is 78.9 Å². The molecule has 1 amide bonds. The van der Waals surface area contributed by atoms with Gasteiger partial charge in [0.2, 0.25) is 5.91 Å². The highest BCUT2D eigenvalue weighted by molar-refractivity contribution is 6.11. The fourth-order valence-corrected chi connectivity index (χ4v) is 4.12. The van der Waals surface area contributed by atoms with Gasteiger partial charge in [-0.15, -0.1) is 0 Å². The first-order valence-corrected chi connectivity index (χ1v) is 9.02. The summed E-state index contributed by atoms with van der Waals surface area (Å²) in [6.45, 7) is 6.59. The summed E-state index contributed by atoms with van der Waals surface area (Å²) in [5, 5.41) is 3.13. The zero-order valence-corrected chi connectivity index (χ0v) is 15.4. The quantitative estimate of drug-likeness (QED) is 0.676. The van der Waals surface area contributed by atoms with Crippen molar-refractivity contribution in [3.63, 3.8) is 0 Å². The highest BCUT2D eigenvalue weighted by atomic mass is 16.2. The molecular weight excluding hydrogens is 318 g/mol. The van der Waals surface area contributed by atoms with Crippen LogP contribution in [0.1, 0.15) is 43.0 Å². The maximum atomic E-state index is 13.5. The van der Waals surface area contributed by atoms with Gasteiger partial charge in [-0.2, -0.15) is 0 Å². The number of amides is 1. The number of hydrogen-bond donors (Lipinski definition) is 1. The number of rotatable bonds is 2. The Balaban J connectivity index is 2.13. The number of benzene rings is 3. The molecule has 26 heavy (non-hydrogen) atoms. The van der Waals surface area contributed by atoms with Gasteiger partial charge in [-0.25, -0.2) is 0 Å².